The summed E-state index contributed by atoms with van der Waals surface area (Å²) in [6, 6.07) is 0. The number of rotatable bonds is 10. The van der Waals surface area contributed by atoms with E-state index in [0.29, 0.717) is 36.9 Å². The largest absolute Gasteiger partial charge is 0.481 e. The van der Waals surface area contributed by atoms with Crippen LogP contribution in [0.3, 0.4) is 0 Å². The van der Waals surface area contributed by atoms with Crippen LogP contribution < -0.4 is 0 Å². The maximum atomic E-state index is 11.5. The first-order chi connectivity index (χ1) is 13.3. The van der Waals surface area contributed by atoms with E-state index in [4.69, 9.17) is 9.84 Å². The number of hydrogen-bond acceptors (Lipinski definition) is 5. The van der Waals surface area contributed by atoms with Crippen LogP contribution in [-0.2, 0) is 33.6 Å². The highest BCUT2D eigenvalue weighted by Crippen LogP contribution is 2.26. The molecule has 0 aliphatic carbocycles. The summed E-state index contributed by atoms with van der Waals surface area (Å²) in [5.74, 6) is -1.27. The number of aromatic nitrogens is 2. The van der Waals surface area contributed by atoms with Crippen molar-refractivity contribution in [1.29, 1.82) is 0 Å². The standard InChI is InChI=1S/C20H24N2O6/c1-11-13(4-6-19(25)26)15(21-17(11)9-23)8-16-14(5-7-20(27)28-3)12(2)18(10-24)22-16/h9-10,21-22H,4-8H2,1-3H3,(H,25,26). The van der Waals surface area contributed by atoms with Gasteiger partial charge in [0.2, 0.25) is 0 Å². The second-order valence-electron chi connectivity index (χ2n) is 6.62. The van der Waals surface area contributed by atoms with Crippen molar-refractivity contribution < 1.29 is 29.0 Å². The van der Waals surface area contributed by atoms with E-state index in [1.165, 1.54) is 7.11 Å². The lowest BCUT2D eigenvalue weighted by atomic mass is 9.98. The smallest absolute Gasteiger partial charge is 0.305 e. The number of carboxylic acids is 1. The van der Waals surface area contributed by atoms with Gasteiger partial charge in [0, 0.05) is 30.7 Å². The van der Waals surface area contributed by atoms with Gasteiger partial charge >= 0.3 is 11.9 Å². The van der Waals surface area contributed by atoms with Crippen LogP contribution in [0.5, 0.6) is 0 Å². The molecule has 8 heteroatoms. The Morgan fingerprint density at radius 1 is 0.929 bits per heavy atom. The van der Waals surface area contributed by atoms with Crippen LogP contribution in [-0.4, -0.2) is 46.7 Å². The molecule has 0 bridgehead atoms. The maximum absolute atomic E-state index is 11.5. The number of esters is 1. The Morgan fingerprint density at radius 2 is 1.39 bits per heavy atom. The number of carbonyl (C=O) groups is 4. The van der Waals surface area contributed by atoms with E-state index in [0.717, 1.165) is 39.9 Å². The highest BCUT2D eigenvalue weighted by Gasteiger charge is 2.20. The van der Waals surface area contributed by atoms with Crippen LogP contribution in [0.25, 0.3) is 0 Å². The van der Waals surface area contributed by atoms with E-state index < -0.39 is 5.97 Å². The van der Waals surface area contributed by atoms with Gasteiger partial charge < -0.3 is 19.8 Å². The third kappa shape index (κ3) is 4.57. The number of carbonyl (C=O) groups excluding carboxylic acids is 3. The molecule has 150 valence electrons. The number of aromatic amines is 2. The first kappa shape index (κ1) is 21.1. The highest BCUT2D eigenvalue weighted by molar-refractivity contribution is 5.77. The van der Waals surface area contributed by atoms with Crippen molar-refractivity contribution in [3.8, 4) is 0 Å². The third-order valence-corrected chi connectivity index (χ3v) is 5.00. The maximum Gasteiger partial charge on any atom is 0.305 e. The van der Waals surface area contributed by atoms with E-state index in [1.807, 2.05) is 0 Å². The minimum atomic E-state index is -0.920. The summed E-state index contributed by atoms with van der Waals surface area (Å²) in [6.07, 6.45) is 2.61. The van der Waals surface area contributed by atoms with Crippen LogP contribution in [0.4, 0.5) is 0 Å². The Hall–Kier alpha value is -3.16. The Kier molecular flexibility index (Phi) is 6.92. The summed E-state index contributed by atoms with van der Waals surface area (Å²) < 4.78 is 4.69. The Bertz CT molecular complexity index is 906. The van der Waals surface area contributed by atoms with Crippen molar-refractivity contribution in [1.82, 2.24) is 9.97 Å². The molecule has 0 aliphatic rings. The SMILES string of the molecule is COC(=O)CCc1c(Cc2[nH]c(C=O)c(C)c2CCC(=O)O)[nH]c(C=O)c1C. The Balaban J connectivity index is 2.41. The number of ether oxygens (including phenoxy) is 1. The highest BCUT2D eigenvalue weighted by atomic mass is 16.5. The number of hydrogen-bond donors (Lipinski definition) is 3. The van der Waals surface area contributed by atoms with E-state index in [-0.39, 0.29) is 18.8 Å². The molecule has 0 saturated heterocycles. The molecule has 2 aromatic heterocycles. The summed E-state index contributed by atoms with van der Waals surface area (Å²) >= 11 is 0. The fourth-order valence-corrected chi connectivity index (χ4v) is 3.39. The molecular weight excluding hydrogens is 364 g/mol. The Morgan fingerprint density at radius 3 is 1.79 bits per heavy atom. The van der Waals surface area contributed by atoms with Crippen LogP contribution in [0.1, 0.15) is 67.5 Å². The van der Waals surface area contributed by atoms with E-state index in [1.54, 1.807) is 13.8 Å². The zero-order valence-corrected chi connectivity index (χ0v) is 16.2. The van der Waals surface area contributed by atoms with Crippen molar-refractivity contribution in [3.05, 3.63) is 45.0 Å². The molecule has 0 unspecified atom stereocenters. The quantitative estimate of drug-likeness (QED) is 0.423. The number of aldehydes is 2. The molecule has 0 radical (unpaired) electrons. The molecule has 0 spiro atoms. The van der Waals surface area contributed by atoms with Crippen molar-refractivity contribution in [2.45, 2.75) is 46.0 Å². The molecule has 0 saturated carbocycles. The molecule has 0 amide bonds. The second-order valence-corrected chi connectivity index (χ2v) is 6.62. The summed E-state index contributed by atoms with van der Waals surface area (Å²) in [5.41, 5.74) is 5.42. The fraction of sp³-hybridized carbons (Fsp3) is 0.400. The average Bonchev–Trinajstić information content (AvgIpc) is 3.14. The molecule has 0 aromatic carbocycles. The number of aliphatic carboxylic acids is 1. The van der Waals surface area contributed by atoms with Gasteiger partial charge in [0.25, 0.3) is 0 Å². The molecule has 8 nitrogen and oxygen atoms in total. The topological polar surface area (TPSA) is 129 Å². The van der Waals surface area contributed by atoms with Gasteiger partial charge in [0.15, 0.2) is 12.6 Å². The number of nitrogens with one attached hydrogen (secondary N) is 2. The van der Waals surface area contributed by atoms with E-state index in [2.05, 4.69) is 9.97 Å². The number of methoxy groups -OCH3 is 1. The lowest BCUT2D eigenvalue weighted by Crippen LogP contribution is -2.05. The predicted octanol–water partition coefficient (Wildman–Crippen LogP) is 2.30. The summed E-state index contributed by atoms with van der Waals surface area (Å²) in [4.78, 5) is 51.3. The van der Waals surface area contributed by atoms with Crippen LogP contribution >= 0.6 is 0 Å². The van der Waals surface area contributed by atoms with Crippen molar-refractivity contribution in [2.24, 2.45) is 0 Å². The van der Waals surface area contributed by atoms with E-state index >= 15 is 0 Å². The molecule has 2 heterocycles. The minimum Gasteiger partial charge on any atom is -0.481 e. The van der Waals surface area contributed by atoms with Crippen molar-refractivity contribution in [3.63, 3.8) is 0 Å². The molecule has 0 fully saturated rings. The fourth-order valence-electron chi connectivity index (χ4n) is 3.39. The van der Waals surface area contributed by atoms with Crippen LogP contribution in [0.15, 0.2) is 0 Å². The van der Waals surface area contributed by atoms with Gasteiger partial charge in [-0.15, -0.1) is 0 Å². The van der Waals surface area contributed by atoms with Crippen molar-refractivity contribution >= 4 is 24.5 Å². The molecule has 0 aliphatic heterocycles. The molecule has 3 N–H and O–H groups in total. The molecule has 2 aromatic rings. The number of H-pyrrole nitrogens is 2. The lowest BCUT2D eigenvalue weighted by Gasteiger charge is -2.07. The molecule has 2 rings (SSSR count). The third-order valence-electron chi connectivity index (χ3n) is 5.00. The molecule has 0 atom stereocenters. The predicted molar refractivity (Wildman–Crippen MR) is 101 cm³/mol. The van der Waals surface area contributed by atoms with Gasteiger partial charge in [-0.1, -0.05) is 0 Å². The average molecular weight is 388 g/mol. The van der Waals surface area contributed by atoms with Crippen molar-refractivity contribution in [2.75, 3.05) is 7.11 Å². The zero-order chi connectivity index (χ0) is 20.8. The van der Waals surface area contributed by atoms with Crippen LogP contribution in [0.2, 0.25) is 0 Å². The van der Waals surface area contributed by atoms with Gasteiger partial charge in [-0.25, -0.2) is 0 Å². The summed E-state index contributed by atoms with van der Waals surface area (Å²) in [5, 5.41) is 9.00. The number of carboxylic acid groups (broad SMARTS) is 1. The Labute approximate surface area is 162 Å². The van der Waals surface area contributed by atoms with Gasteiger partial charge in [0.05, 0.1) is 18.5 Å². The summed E-state index contributed by atoms with van der Waals surface area (Å²) in [6.45, 7) is 3.58. The van der Waals surface area contributed by atoms with Gasteiger partial charge in [-0.2, -0.15) is 0 Å². The summed E-state index contributed by atoms with van der Waals surface area (Å²) in [7, 11) is 1.32. The second kappa shape index (κ2) is 9.16. The van der Waals surface area contributed by atoms with Gasteiger partial charge in [0.1, 0.15) is 0 Å². The van der Waals surface area contributed by atoms with E-state index in [9.17, 15) is 19.2 Å². The van der Waals surface area contributed by atoms with Gasteiger partial charge in [-0.3, -0.25) is 19.2 Å². The van der Waals surface area contributed by atoms with Crippen LogP contribution in [0, 0.1) is 13.8 Å². The molecular formula is C20H24N2O6. The zero-order valence-electron chi connectivity index (χ0n) is 16.2. The monoisotopic (exact) mass is 388 g/mol. The molecule has 28 heavy (non-hydrogen) atoms. The first-order valence-corrected chi connectivity index (χ1v) is 8.91. The minimum absolute atomic E-state index is 0.0530. The van der Waals surface area contributed by atoms with Gasteiger partial charge in [-0.05, 0) is 48.9 Å². The first-order valence-electron chi connectivity index (χ1n) is 8.91. The lowest BCUT2D eigenvalue weighted by molar-refractivity contribution is -0.140. The normalized spacial score (nSPS) is 10.7.